The number of carbonyl (C=O) groups is 1. The fraction of sp³-hybridized carbons (Fsp3) is 0.231. The summed E-state index contributed by atoms with van der Waals surface area (Å²) in [4.78, 5) is 16.1. The summed E-state index contributed by atoms with van der Waals surface area (Å²) in [6.07, 6.45) is 3.55. The lowest BCUT2D eigenvalue weighted by molar-refractivity contribution is 0.0981. The number of aromatic nitrogens is 1. The van der Waals surface area contributed by atoms with E-state index in [1.165, 1.54) is 0 Å². The van der Waals surface area contributed by atoms with Crippen molar-refractivity contribution in [1.29, 1.82) is 0 Å². The number of rotatable bonds is 3. The molecule has 0 aromatic carbocycles. The van der Waals surface area contributed by atoms with Crippen LogP contribution in [0.4, 0.5) is 0 Å². The summed E-state index contributed by atoms with van der Waals surface area (Å²) in [7, 11) is 0. The molecule has 2 aromatic rings. The van der Waals surface area contributed by atoms with Crippen LogP contribution in [0.2, 0.25) is 0 Å². The van der Waals surface area contributed by atoms with Crippen LogP contribution in [0.1, 0.15) is 27.4 Å². The predicted octanol–water partition coefficient (Wildman–Crippen LogP) is 2.72. The number of nitrogens with zero attached hydrogens (tertiary/aromatic N) is 1. The highest BCUT2D eigenvalue weighted by Crippen LogP contribution is 2.11. The van der Waals surface area contributed by atoms with Crippen LogP contribution in [0.5, 0.6) is 0 Å². The molecule has 0 amide bonds. The second-order valence-corrected chi connectivity index (χ2v) is 3.86. The molecular formula is C13H13NO2. The Morgan fingerprint density at radius 1 is 1.44 bits per heavy atom. The molecule has 0 fully saturated rings. The SMILES string of the molecule is Cc1cnc(C(=O)Cc2ccco2)c(C)c1. The maximum Gasteiger partial charge on any atom is 0.188 e. The van der Waals surface area contributed by atoms with E-state index in [1.807, 2.05) is 19.9 Å². The molecule has 0 saturated heterocycles. The van der Waals surface area contributed by atoms with Crippen molar-refractivity contribution in [2.24, 2.45) is 0 Å². The molecule has 0 atom stereocenters. The quantitative estimate of drug-likeness (QED) is 0.739. The van der Waals surface area contributed by atoms with Gasteiger partial charge in [0, 0.05) is 6.20 Å². The highest BCUT2D eigenvalue weighted by Gasteiger charge is 2.12. The third-order valence-electron chi connectivity index (χ3n) is 2.39. The highest BCUT2D eigenvalue weighted by atomic mass is 16.3. The maximum atomic E-state index is 11.9. The van der Waals surface area contributed by atoms with E-state index in [0.717, 1.165) is 11.1 Å². The number of carbonyl (C=O) groups excluding carboxylic acids is 1. The van der Waals surface area contributed by atoms with Gasteiger partial charge in [-0.15, -0.1) is 0 Å². The number of Topliss-reactive ketones (excluding diaryl/α,β-unsaturated/α-hetero) is 1. The van der Waals surface area contributed by atoms with Gasteiger partial charge in [0.1, 0.15) is 11.5 Å². The molecule has 0 saturated carbocycles. The smallest absolute Gasteiger partial charge is 0.188 e. The maximum absolute atomic E-state index is 11.9. The Morgan fingerprint density at radius 2 is 2.25 bits per heavy atom. The third-order valence-corrected chi connectivity index (χ3v) is 2.39. The first-order chi connectivity index (χ1) is 7.66. The Labute approximate surface area is 94.1 Å². The van der Waals surface area contributed by atoms with Crippen LogP contribution in [0.15, 0.2) is 35.1 Å². The van der Waals surface area contributed by atoms with Gasteiger partial charge in [-0.05, 0) is 37.1 Å². The van der Waals surface area contributed by atoms with Gasteiger partial charge in [0.05, 0.1) is 12.7 Å². The number of ketones is 1. The lowest BCUT2D eigenvalue weighted by Gasteiger charge is -2.03. The van der Waals surface area contributed by atoms with Gasteiger partial charge in [0.15, 0.2) is 5.78 Å². The zero-order valence-corrected chi connectivity index (χ0v) is 9.36. The van der Waals surface area contributed by atoms with Crippen LogP contribution in [0.3, 0.4) is 0 Å². The summed E-state index contributed by atoms with van der Waals surface area (Å²) in [6, 6.07) is 5.53. The van der Waals surface area contributed by atoms with E-state index in [4.69, 9.17) is 4.42 Å². The van der Waals surface area contributed by atoms with Crippen LogP contribution >= 0.6 is 0 Å². The van der Waals surface area contributed by atoms with Crippen molar-refractivity contribution in [3.8, 4) is 0 Å². The van der Waals surface area contributed by atoms with Crippen molar-refractivity contribution in [2.75, 3.05) is 0 Å². The van der Waals surface area contributed by atoms with E-state index in [9.17, 15) is 4.79 Å². The van der Waals surface area contributed by atoms with Crippen LogP contribution < -0.4 is 0 Å². The Kier molecular flexibility index (Phi) is 2.86. The molecule has 2 aromatic heterocycles. The zero-order chi connectivity index (χ0) is 11.5. The monoisotopic (exact) mass is 215 g/mol. The van der Waals surface area contributed by atoms with E-state index in [2.05, 4.69) is 4.98 Å². The highest BCUT2D eigenvalue weighted by molar-refractivity contribution is 5.96. The van der Waals surface area contributed by atoms with Crippen molar-refractivity contribution in [3.63, 3.8) is 0 Å². The Morgan fingerprint density at radius 3 is 2.88 bits per heavy atom. The third kappa shape index (κ3) is 2.19. The van der Waals surface area contributed by atoms with Crippen molar-refractivity contribution >= 4 is 5.78 Å². The lowest BCUT2D eigenvalue weighted by Crippen LogP contribution is -2.07. The topological polar surface area (TPSA) is 43.1 Å². The molecule has 2 heterocycles. The number of hydrogen-bond acceptors (Lipinski definition) is 3. The molecule has 0 aliphatic heterocycles. The zero-order valence-electron chi connectivity index (χ0n) is 9.36. The van der Waals surface area contributed by atoms with Gasteiger partial charge in [-0.2, -0.15) is 0 Å². The van der Waals surface area contributed by atoms with Crippen molar-refractivity contribution in [3.05, 3.63) is 53.2 Å². The van der Waals surface area contributed by atoms with Crippen LogP contribution in [0, 0.1) is 13.8 Å². The Hall–Kier alpha value is -1.90. The van der Waals surface area contributed by atoms with Gasteiger partial charge in [-0.3, -0.25) is 9.78 Å². The standard InChI is InChI=1S/C13H13NO2/c1-9-6-10(2)13(14-8-9)12(15)7-11-4-3-5-16-11/h3-6,8H,7H2,1-2H3. The van der Waals surface area contributed by atoms with Gasteiger partial charge in [-0.25, -0.2) is 0 Å². The normalized spacial score (nSPS) is 10.4. The molecular weight excluding hydrogens is 202 g/mol. The van der Waals surface area contributed by atoms with Crippen LogP contribution in [-0.2, 0) is 6.42 Å². The molecule has 0 N–H and O–H groups in total. The Bertz CT molecular complexity index is 501. The van der Waals surface area contributed by atoms with Gasteiger partial charge in [0.25, 0.3) is 0 Å². The fourth-order valence-electron chi connectivity index (χ4n) is 1.66. The van der Waals surface area contributed by atoms with Crippen molar-refractivity contribution < 1.29 is 9.21 Å². The van der Waals surface area contributed by atoms with E-state index in [0.29, 0.717) is 11.5 Å². The van der Waals surface area contributed by atoms with Crippen LogP contribution in [0.25, 0.3) is 0 Å². The Balaban J connectivity index is 2.21. The van der Waals surface area contributed by atoms with E-state index >= 15 is 0 Å². The minimum Gasteiger partial charge on any atom is -0.469 e. The van der Waals surface area contributed by atoms with E-state index in [-0.39, 0.29) is 12.2 Å². The molecule has 0 bridgehead atoms. The number of hydrogen-bond donors (Lipinski definition) is 0. The summed E-state index contributed by atoms with van der Waals surface area (Å²) in [5.41, 5.74) is 2.51. The molecule has 0 aliphatic rings. The van der Waals surface area contributed by atoms with Gasteiger partial charge >= 0.3 is 0 Å². The number of aryl methyl sites for hydroxylation is 2. The lowest BCUT2D eigenvalue weighted by atomic mass is 10.1. The molecule has 16 heavy (non-hydrogen) atoms. The largest absolute Gasteiger partial charge is 0.469 e. The molecule has 82 valence electrons. The van der Waals surface area contributed by atoms with E-state index < -0.39 is 0 Å². The summed E-state index contributed by atoms with van der Waals surface area (Å²) in [6.45, 7) is 3.86. The number of furan rings is 1. The number of pyridine rings is 1. The second-order valence-electron chi connectivity index (χ2n) is 3.86. The summed E-state index contributed by atoms with van der Waals surface area (Å²) in [5, 5.41) is 0. The molecule has 0 aliphatic carbocycles. The first kappa shape index (κ1) is 10.6. The van der Waals surface area contributed by atoms with Crippen molar-refractivity contribution in [1.82, 2.24) is 4.98 Å². The molecule has 0 radical (unpaired) electrons. The average molecular weight is 215 g/mol. The predicted molar refractivity (Wildman–Crippen MR) is 60.5 cm³/mol. The molecule has 3 heteroatoms. The molecule has 2 rings (SSSR count). The summed E-state index contributed by atoms with van der Waals surface area (Å²) < 4.78 is 5.14. The van der Waals surface area contributed by atoms with Gasteiger partial charge < -0.3 is 4.42 Å². The summed E-state index contributed by atoms with van der Waals surface area (Å²) in [5.74, 6) is 0.666. The fourth-order valence-corrected chi connectivity index (χ4v) is 1.66. The van der Waals surface area contributed by atoms with E-state index in [1.54, 1.807) is 24.6 Å². The van der Waals surface area contributed by atoms with Crippen molar-refractivity contribution in [2.45, 2.75) is 20.3 Å². The minimum absolute atomic E-state index is 0.00699. The molecule has 3 nitrogen and oxygen atoms in total. The first-order valence-electron chi connectivity index (χ1n) is 5.15. The molecule has 0 spiro atoms. The second kappa shape index (κ2) is 4.31. The van der Waals surface area contributed by atoms with Gasteiger partial charge in [-0.1, -0.05) is 6.07 Å². The molecule has 0 unspecified atom stereocenters. The average Bonchev–Trinajstić information content (AvgIpc) is 2.70. The van der Waals surface area contributed by atoms with Crippen LogP contribution in [-0.4, -0.2) is 10.8 Å². The van der Waals surface area contributed by atoms with Gasteiger partial charge in [0.2, 0.25) is 0 Å². The first-order valence-corrected chi connectivity index (χ1v) is 5.15. The minimum atomic E-state index is -0.00699. The summed E-state index contributed by atoms with van der Waals surface area (Å²) >= 11 is 0.